The molecule has 0 aliphatic heterocycles. The Morgan fingerprint density at radius 3 is 2.89 bits per heavy atom. The molecular formula is C14H19N3S2. The van der Waals surface area contributed by atoms with Gasteiger partial charge in [-0.3, -0.25) is 4.98 Å². The topological polar surface area (TPSA) is 37.8 Å². The van der Waals surface area contributed by atoms with Gasteiger partial charge in [-0.15, -0.1) is 11.3 Å². The average Bonchev–Trinajstić information content (AvgIpc) is 2.88. The van der Waals surface area contributed by atoms with Gasteiger partial charge in [0.05, 0.1) is 11.4 Å². The Kier molecular flexibility index (Phi) is 4.96. The zero-order valence-electron chi connectivity index (χ0n) is 11.5. The van der Waals surface area contributed by atoms with Crippen LogP contribution in [0.25, 0.3) is 10.7 Å². The maximum Gasteiger partial charge on any atom is 0.142 e. The molecule has 0 aromatic carbocycles. The first kappa shape index (κ1) is 14.5. The van der Waals surface area contributed by atoms with Crippen LogP contribution in [0.5, 0.6) is 0 Å². The maximum atomic E-state index is 4.61. The predicted octanol–water partition coefficient (Wildman–Crippen LogP) is 3.44. The molecule has 19 heavy (non-hydrogen) atoms. The Morgan fingerprint density at radius 2 is 2.21 bits per heavy atom. The Hall–Kier alpha value is -0.910. The van der Waals surface area contributed by atoms with E-state index in [1.807, 2.05) is 30.0 Å². The highest BCUT2D eigenvalue weighted by Crippen LogP contribution is 2.22. The normalized spacial score (nSPS) is 11.7. The lowest BCUT2D eigenvalue weighted by atomic mass is 10.2. The number of nitrogens with one attached hydrogen (secondary N) is 1. The number of aromatic nitrogens is 2. The van der Waals surface area contributed by atoms with Crippen LogP contribution in [0.2, 0.25) is 0 Å². The van der Waals surface area contributed by atoms with Crippen LogP contribution in [0.1, 0.15) is 19.5 Å². The Labute approximate surface area is 122 Å². The standard InChI is InChI=1S/C14H19N3S2/c1-14(2,18-3)10-15-8-11-9-19-13(17-11)12-6-4-5-7-16-12/h4-7,9,15H,8,10H2,1-3H3. The van der Waals surface area contributed by atoms with Crippen molar-refractivity contribution < 1.29 is 0 Å². The van der Waals surface area contributed by atoms with E-state index in [0.717, 1.165) is 29.5 Å². The predicted molar refractivity (Wildman–Crippen MR) is 84.6 cm³/mol. The molecule has 0 aliphatic rings. The molecule has 0 atom stereocenters. The summed E-state index contributed by atoms with van der Waals surface area (Å²) in [6.45, 7) is 6.27. The third-order valence-corrected chi connectivity index (χ3v) is 5.01. The van der Waals surface area contributed by atoms with E-state index in [1.54, 1.807) is 17.5 Å². The van der Waals surface area contributed by atoms with Gasteiger partial charge in [-0.05, 0) is 32.2 Å². The molecule has 102 valence electrons. The van der Waals surface area contributed by atoms with E-state index < -0.39 is 0 Å². The van der Waals surface area contributed by atoms with E-state index in [-0.39, 0.29) is 4.75 Å². The van der Waals surface area contributed by atoms with E-state index in [4.69, 9.17) is 0 Å². The number of thiazole rings is 1. The van der Waals surface area contributed by atoms with Gasteiger partial charge in [0.2, 0.25) is 0 Å². The van der Waals surface area contributed by atoms with Crippen LogP contribution in [0.3, 0.4) is 0 Å². The zero-order chi connectivity index (χ0) is 13.7. The number of hydrogen-bond acceptors (Lipinski definition) is 5. The molecule has 0 bridgehead atoms. The highest BCUT2D eigenvalue weighted by molar-refractivity contribution is 7.99. The highest BCUT2D eigenvalue weighted by Gasteiger charge is 2.15. The summed E-state index contributed by atoms with van der Waals surface area (Å²) in [6, 6.07) is 5.90. The molecule has 0 saturated heterocycles. The Morgan fingerprint density at radius 1 is 1.37 bits per heavy atom. The van der Waals surface area contributed by atoms with Crippen molar-refractivity contribution in [3.63, 3.8) is 0 Å². The van der Waals surface area contributed by atoms with Gasteiger partial charge in [-0.25, -0.2) is 4.98 Å². The molecule has 0 amide bonds. The number of nitrogens with zero attached hydrogens (tertiary/aromatic N) is 2. The summed E-state index contributed by atoms with van der Waals surface area (Å²) >= 11 is 3.52. The molecule has 0 unspecified atom stereocenters. The molecule has 0 radical (unpaired) electrons. The quantitative estimate of drug-likeness (QED) is 0.885. The number of thioether (sulfide) groups is 1. The van der Waals surface area contributed by atoms with Crippen LogP contribution in [-0.4, -0.2) is 27.5 Å². The van der Waals surface area contributed by atoms with Gasteiger partial charge in [-0.2, -0.15) is 11.8 Å². The van der Waals surface area contributed by atoms with Crippen molar-refractivity contribution in [3.8, 4) is 10.7 Å². The van der Waals surface area contributed by atoms with Gasteiger partial charge >= 0.3 is 0 Å². The largest absolute Gasteiger partial charge is 0.310 e. The first-order valence-electron chi connectivity index (χ1n) is 6.22. The molecule has 2 rings (SSSR count). The van der Waals surface area contributed by atoms with Crippen LogP contribution < -0.4 is 5.32 Å². The third kappa shape index (κ3) is 4.30. The molecule has 3 nitrogen and oxygen atoms in total. The minimum Gasteiger partial charge on any atom is -0.310 e. The third-order valence-electron chi connectivity index (χ3n) is 2.85. The first-order chi connectivity index (χ1) is 9.11. The highest BCUT2D eigenvalue weighted by atomic mass is 32.2. The van der Waals surface area contributed by atoms with Crippen molar-refractivity contribution >= 4 is 23.1 Å². The van der Waals surface area contributed by atoms with Crippen molar-refractivity contribution in [2.24, 2.45) is 0 Å². The van der Waals surface area contributed by atoms with Crippen LogP contribution in [0.4, 0.5) is 0 Å². The van der Waals surface area contributed by atoms with Crippen LogP contribution >= 0.6 is 23.1 Å². The SMILES string of the molecule is CSC(C)(C)CNCc1csc(-c2ccccn2)n1. The summed E-state index contributed by atoms with van der Waals surface area (Å²) in [5, 5.41) is 6.55. The van der Waals surface area contributed by atoms with Gasteiger partial charge < -0.3 is 5.32 Å². The second-order valence-electron chi connectivity index (χ2n) is 4.93. The summed E-state index contributed by atoms with van der Waals surface area (Å²) in [7, 11) is 0. The van der Waals surface area contributed by atoms with Crippen molar-refractivity contribution in [1.82, 2.24) is 15.3 Å². The van der Waals surface area contributed by atoms with Gasteiger partial charge in [0.1, 0.15) is 5.01 Å². The van der Waals surface area contributed by atoms with Crippen LogP contribution in [0, 0.1) is 0 Å². The number of rotatable bonds is 6. The molecule has 2 heterocycles. The number of pyridine rings is 1. The average molecular weight is 293 g/mol. The Bertz CT molecular complexity index is 508. The lowest BCUT2D eigenvalue weighted by Crippen LogP contribution is -2.31. The van der Waals surface area contributed by atoms with E-state index in [2.05, 4.69) is 40.8 Å². The minimum atomic E-state index is 0.264. The lowest BCUT2D eigenvalue weighted by molar-refractivity contribution is 0.587. The van der Waals surface area contributed by atoms with Gasteiger partial charge in [-0.1, -0.05) is 6.07 Å². The van der Waals surface area contributed by atoms with E-state index in [1.165, 1.54) is 0 Å². The molecule has 0 saturated carbocycles. The summed E-state index contributed by atoms with van der Waals surface area (Å²) in [5.74, 6) is 0. The van der Waals surface area contributed by atoms with Crippen molar-refractivity contribution in [2.75, 3.05) is 12.8 Å². The van der Waals surface area contributed by atoms with E-state index in [0.29, 0.717) is 0 Å². The first-order valence-corrected chi connectivity index (χ1v) is 8.33. The van der Waals surface area contributed by atoms with Crippen molar-refractivity contribution in [3.05, 3.63) is 35.5 Å². The molecule has 2 aromatic rings. The second kappa shape index (κ2) is 6.50. The molecule has 0 spiro atoms. The van der Waals surface area contributed by atoms with Gasteiger partial charge in [0.25, 0.3) is 0 Å². The molecule has 0 aliphatic carbocycles. The van der Waals surface area contributed by atoms with Gasteiger partial charge in [0.15, 0.2) is 0 Å². The van der Waals surface area contributed by atoms with Crippen molar-refractivity contribution in [2.45, 2.75) is 25.1 Å². The molecular weight excluding hydrogens is 274 g/mol. The fraction of sp³-hybridized carbons (Fsp3) is 0.429. The molecule has 1 N–H and O–H groups in total. The lowest BCUT2D eigenvalue weighted by Gasteiger charge is -2.21. The van der Waals surface area contributed by atoms with Gasteiger partial charge in [0, 0.05) is 29.4 Å². The van der Waals surface area contributed by atoms with E-state index >= 15 is 0 Å². The molecule has 2 aromatic heterocycles. The zero-order valence-corrected chi connectivity index (χ0v) is 13.1. The number of hydrogen-bond donors (Lipinski definition) is 1. The maximum absolute atomic E-state index is 4.61. The van der Waals surface area contributed by atoms with Crippen LogP contribution in [-0.2, 0) is 6.54 Å². The van der Waals surface area contributed by atoms with E-state index in [9.17, 15) is 0 Å². The smallest absolute Gasteiger partial charge is 0.142 e. The fourth-order valence-corrected chi connectivity index (χ4v) is 2.60. The summed E-state index contributed by atoms with van der Waals surface area (Å²) in [6.07, 6.45) is 3.94. The Balaban J connectivity index is 1.92. The minimum absolute atomic E-state index is 0.264. The molecule has 0 fully saturated rings. The van der Waals surface area contributed by atoms with Crippen LogP contribution in [0.15, 0.2) is 29.8 Å². The second-order valence-corrected chi connectivity index (χ2v) is 7.30. The summed E-state index contributed by atoms with van der Waals surface area (Å²) in [5.41, 5.74) is 2.03. The summed E-state index contributed by atoms with van der Waals surface area (Å²) < 4.78 is 0.264. The monoisotopic (exact) mass is 293 g/mol. The fourth-order valence-electron chi connectivity index (χ4n) is 1.56. The molecule has 5 heteroatoms. The van der Waals surface area contributed by atoms with Crippen molar-refractivity contribution in [1.29, 1.82) is 0 Å². The summed E-state index contributed by atoms with van der Waals surface area (Å²) in [4.78, 5) is 8.93.